The minimum Gasteiger partial charge on any atom is -0.349 e. The van der Waals surface area contributed by atoms with E-state index in [9.17, 15) is 18.0 Å². The van der Waals surface area contributed by atoms with Crippen LogP contribution in [0.4, 0.5) is 5.69 Å². The summed E-state index contributed by atoms with van der Waals surface area (Å²) in [6.07, 6.45) is 5.15. The van der Waals surface area contributed by atoms with E-state index in [2.05, 4.69) is 38.0 Å². The summed E-state index contributed by atoms with van der Waals surface area (Å²) in [6, 6.07) is 6.48. The Morgan fingerprint density at radius 2 is 1.61 bits per heavy atom. The highest BCUT2D eigenvalue weighted by Crippen LogP contribution is 2.47. The molecule has 1 aromatic carbocycles. The summed E-state index contributed by atoms with van der Waals surface area (Å²) in [5, 5.41) is 5.82. The normalized spacial score (nSPS) is 29.7. The quantitative estimate of drug-likeness (QED) is 0.619. The van der Waals surface area contributed by atoms with Gasteiger partial charge < -0.3 is 10.6 Å². The van der Waals surface area contributed by atoms with Crippen molar-refractivity contribution in [3.63, 3.8) is 0 Å². The molecule has 2 saturated carbocycles. The summed E-state index contributed by atoms with van der Waals surface area (Å²) in [5.41, 5.74) is 0.896. The molecule has 1 heterocycles. The third-order valence-corrected chi connectivity index (χ3v) is 9.58. The van der Waals surface area contributed by atoms with Crippen molar-refractivity contribution in [2.75, 3.05) is 18.4 Å². The number of hydrogen-bond acceptors (Lipinski definition) is 4. The maximum Gasteiger partial charge on any atom is 0.243 e. The van der Waals surface area contributed by atoms with Crippen LogP contribution in [-0.2, 0) is 19.6 Å². The number of fused-ring (bicyclic) bond motifs is 1. The Labute approximate surface area is 197 Å². The fraction of sp³-hybridized carbons (Fsp3) is 0.600. The predicted molar refractivity (Wildman–Crippen MR) is 128 cm³/mol. The Balaban J connectivity index is 1.30. The first kappa shape index (κ1) is 24.0. The van der Waals surface area contributed by atoms with E-state index in [4.69, 9.17) is 0 Å². The molecule has 4 rings (SSSR count). The van der Waals surface area contributed by atoms with E-state index in [0.717, 1.165) is 25.7 Å². The minimum absolute atomic E-state index is 0.0119. The molecule has 2 N–H and O–H groups in total. The van der Waals surface area contributed by atoms with Crippen molar-refractivity contribution in [2.45, 2.75) is 57.4 Å². The zero-order chi connectivity index (χ0) is 24.0. The average molecular weight is 474 g/mol. The summed E-state index contributed by atoms with van der Waals surface area (Å²) in [6.45, 7) is 11.0. The number of carbonyl (C=O) groups is 2. The van der Waals surface area contributed by atoms with Gasteiger partial charge in [0.25, 0.3) is 0 Å². The van der Waals surface area contributed by atoms with Gasteiger partial charge in [0.05, 0.1) is 4.90 Å². The highest BCUT2D eigenvalue weighted by Gasteiger charge is 2.58. The number of nitrogens with zero attached hydrogens (tertiary/aromatic N) is 1. The lowest BCUT2D eigenvalue weighted by Gasteiger charge is -2.36. The molecule has 1 aliphatic heterocycles. The van der Waals surface area contributed by atoms with Gasteiger partial charge >= 0.3 is 0 Å². The minimum atomic E-state index is -3.60. The van der Waals surface area contributed by atoms with Crippen molar-refractivity contribution in [1.29, 1.82) is 0 Å². The van der Waals surface area contributed by atoms with Crippen LogP contribution in [0.1, 0.15) is 46.5 Å². The number of benzene rings is 1. The van der Waals surface area contributed by atoms with Gasteiger partial charge in [0.1, 0.15) is 0 Å². The van der Waals surface area contributed by atoms with Crippen LogP contribution in [0.3, 0.4) is 0 Å². The van der Waals surface area contributed by atoms with Crippen LogP contribution >= 0.6 is 0 Å². The summed E-state index contributed by atoms with van der Waals surface area (Å²) in [5.74, 6) is 0.786. The Morgan fingerprint density at radius 1 is 1.03 bits per heavy atom. The molecule has 1 aromatic rings. The maximum absolute atomic E-state index is 13.0. The van der Waals surface area contributed by atoms with Crippen LogP contribution in [0.2, 0.25) is 0 Å². The molecule has 33 heavy (non-hydrogen) atoms. The summed E-state index contributed by atoms with van der Waals surface area (Å²) in [4.78, 5) is 24.4. The average Bonchev–Trinajstić information content (AvgIpc) is 3.19. The molecular formula is C25H35N3O4S. The van der Waals surface area contributed by atoms with E-state index in [1.54, 1.807) is 24.3 Å². The highest BCUT2D eigenvalue weighted by atomic mass is 32.2. The zero-order valence-electron chi connectivity index (χ0n) is 19.7. The Kier molecular flexibility index (Phi) is 6.44. The lowest BCUT2D eigenvalue weighted by Crippen LogP contribution is -2.36. The number of amides is 2. The smallest absolute Gasteiger partial charge is 0.243 e. The van der Waals surface area contributed by atoms with Crippen molar-refractivity contribution in [1.82, 2.24) is 9.62 Å². The van der Waals surface area contributed by atoms with E-state index < -0.39 is 10.0 Å². The SMILES string of the molecule is C=CC(=O)NC1C2CN(S(=O)(=O)c3ccc(NC(=O)C4CCC(C(C)(C)C)CC4)cc3)CC21. The van der Waals surface area contributed by atoms with Gasteiger partial charge in [0.2, 0.25) is 21.8 Å². The number of nitrogens with one attached hydrogen (secondary N) is 2. The predicted octanol–water partition coefficient (Wildman–Crippen LogP) is 3.40. The van der Waals surface area contributed by atoms with Gasteiger partial charge in [-0.2, -0.15) is 4.31 Å². The maximum atomic E-state index is 13.0. The Hall–Kier alpha value is -2.19. The molecule has 3 aliphatic rings. The molecule has 0 spiro atoms. The fourth-order valence-electron chi connectivity index (χ4n) is 5.45. The van der Waals surface area contributed by atoms with Crippen LogP contribution in [0.25, 0.3) is 0 Å². The summed E-state index contributed by atoms with van der Waals surface area (Å²) in [7, 11) is -3.60. The molecule has 2 amide bonds. The second-order valence-corrected chi connectivity index (χ2v) is 12.8. The van der Waals surface area contributed by atoms with E-state index in [0.29, 0.717) is 24.7 Å². The van der Waals surface area contributed by atoms with Crippen molar-refractivity contribution in [2.24, 2.45) is 29.1 Å². The topological polar surface area (TPSA) is 95.6 Å². The van der Waals surface area contributed by atoms with Gasteiger partial charge in [-0.1, -0.05) is 27.4 Å². The first-order valence-electron chi connectivity index (χ1n) is 11.8. The zero-order valence-corrected chi connectivity index (χ0v) is 20.5. The van der Waals surface area contributed by atoms with Crippen molar-refractivity contribution in [3.8, 4) is 0 Å². The van der Waals surface area contributed by atoms with Gasteiger partial charge in [-0.25, -0.2) is 8.42 Å². The number of anilines is 1. The van der Waals surface area contributed by atoms with Crippen molar-refractivity contribution < 1.29 is 18.0 Å². The largest absolute Gasteiger partial charge is 0.349 e. The molecule has 2 unspecified atom stereocenters. The van der Waals surface area contributed by atoms with Gasteiger partial charge in [-0.05, 0) is 79.2 Å². The van der Waals surface area contributed by atoms with Crippen LogP contribution in [0.15, 0.2) is 41.8 Å². The molecule has 3 fully saturated rings. The van der Waals surface area contributed by atoms with Gasteiger partial charge in [-0.15, -0.1) is 0 Å². The Bertz CT molecular complexity index is 1010. The molecule has 2 atom stereocenters. The monoisotopic (exact) mass is 473 g/mol. The fourth-order valence-corrected chi connectivity index (χ4v) is 6.96. The molecule has 0 aromatic heterocycles. The lowest BCUT2D eigenvalue weighted by atomic mass is 9.69. The van der Waals surface area contributed by atoms with Crippen LogP contribution < -0.4 is 10.6 Å². The number of sulfonamides is 1. The summed E-state index contributed by atoms with van der Waals surface area (Å²) >= 11 is 0. The van der Waals surface area contributed by atoms with Gasteiger partial charge in [0.15, 0.2) is 0 Å². The lowest BCUT2D eigenvalue weighted by molar-refractivity contribution is -0.121. The molecule has 7 nitrogen and oxygen atoms in total. The molecule has 8 heteroatoms. The van der Waals surface area contributed by atoms with Crippen LogP contribution in [0, 0.1) is 29.1 Å². The second kappa shape index (κ2) is 8.87. The number of rotatable bonds is 6. The first-order chi connectivity index (χ1) is 15.5. The van der Waals surface area contributed by atoms with Gasteiger partial charge in [0, 0.05) is 30.7 Å². The van der Waals surface area contributed by atoms with Crippen molar-refractivity contribution >= 4 is 27.5 Å². The molecule has 0 bridgehead atoms. The molecule has 180 valence electrons. The van der Waals surface area contributed by atoms with Gasteiger partial charge in [-0.3, -0.25) is 9.59 Å². The number of piperidine rings is 1. The molecule has 1 saturated heterocycles. The second-order valence-electron chi connectivity index (χ2n) is 10.8. The van der Waals surface area contributed by atoms with Crippen LogP contribution in [-0.4, -0.2) is 43.7 Å². The van der Waals surface area contributed by atoms with E-state index in [-0.39, 0.29) is 45.9 Å². The molecular weight excluding hydrogens is 438 g/mol. The highest BCUT2D eigenvalue weighted by molar-refractivity contribution is 7.89. The Morgan fingerprint density at radius 3 is 2.12 bits per heavy atom. The van der Waals surface area contributed by atoms with E-state index in [1.807, 2.05) is 0 Å². The van der Waals surface area contributed by atoms with Crippen molar-refractivity contribution in [3.05, 3.63) is 36.9 Å². The van der Waals surface area contributed by atoms with Crippen LogP contribution in [0.5, 0.6) is 0 Å². The third-order valence-electron chi connectivity index (χ3n) is 7.74. The number of carbonyl (C=O) groups excluding carboxylic acids is 2. The first-order valence-corrected chi connectivity index (χ1v) is 13.3. The van der Waals surface area contributed by atoms with E-state index >= 15 is 0 Å². The number of hydrogen-bond donors (Lipinski definition) is 2. The standard InChI is InChI=1S/C25H35N3O4S/c1-5-22(29)27-23-20-14-28(15-21(20)23)33(31,32)19-12-10-18(11-13-19)26-24(30)16-6-8-17(9-7-16)25(2,3)4/h5,10-13,16-17,20-21,23H,1,6-9,14-15H2,2-4H3,(H,26,30)(H,27,29). The van der Waals surface area contributed by atoms with E-state index in [1.165, 1.54) is 10.4 Å². The third kappa shape index (κ3) is 5.01. The molecule has 0 radical (unpaired) electrons. The summed E-state index contributed by atoms with van der Waals surface area (Å²) < 4.78 is 27.5. The molecule has 2 aliphatic carbocycles.